The monoisotopic (exact) mass is 248 g/mol. The Morgan fingerprint density at radius 2 is 2.22 bits per heavy atom. The van der Waals surface area contributed by atoms with E-state index in [-0.39, 0.29) is 17.1 Å². The highest BCUT2D eigenvalue weighted by molar-refractivity contribution is 5.99. The molecule has 0 spiro atoms. The molecule has 0 aliphatic carbocycles. The van der Waals surface area contributed by atoms with Crippen LogP contribution in [0.4, 0.5) is 5.88 Å². The van der Waals surface area contributed by atoms with Gasteiger partial charge in [-0.25, -0.2) is 4.79 Å². The van der Waals surface area contributed by atoms with E-state index in [1.54, 1.807) is 12.1 Å². The minimum Gasteiger partial charge on any atom is -0.496 e. The largest absolute Gasteiger partial charge is 0.496 e. The fraction of sp³-hybridized carbons (Fsp3) is 0.167. The maximum absolute atomic E-state index is 11.1. The minimum atomic E-state index is -1.19. The van der Waals surface area contributed by atoms with Crippen LogP contribution in [0.15, 0.2) is 22.7 Å². The lowest BCUT2D eigenvalue weighted by atomic mass is 10.0. The zero-order valence-electron chi connectivity index (χ0n) is 9.93. The summed E-state index contributed by atoms with van der Waals surface area (Å²) in [7, 11) is 1.50. The van der Waals surface area contributed by atoms with Crippen molar-refractivity contribution in [1.29, 1.82) is 0 Å². The van der Waals surface area contributed by atoms with E-state index in [4.69, 9.17) is 20.1 Å². The summed E-state index contributed by atoms with van der Waals surface area (Å²) in [6, 6.07) is 5.36. The highest BCUT2D eigenvalue weighted by atomic mass is 16.5. The molecule has 18 heavy (non-hydrogen) atoms. The Morgan fingerprint density at radius 1 is 1.50 bits per heavy atom. The lowest BCUT2D eigenvalue weighted by Crippen LogP contribution is -2.02. The number of carboxylic acids is 1. The van der Waals surface area contributed by atoms with Gasteiger partial charge >= 0.3 is 5.97 Å². The number of carboxylic acid groups (broad SMARTS) is 1. The first-order valence-corrected chi connectivity index (χ1v) is 5.18. The number of methoxy groups -OCH3 is 1. The summed E-state index contributed by atoms with van der Waals surface area (Å²) >= 11 is 0. The van der Waals surface area contributed by atoms with Crippen LogP contribution in [0.3, 0.4) is 0 Å². The van der Waals surface area contributed by atoms with Crippen LogP contribution < -0.4 is 10.5 Å². The number of aromatic carboxylic acids is 1. The molecule has 94 valence electrons. The number of hydrogen-bond acceptors (Lipinski definition) is 5. The Kier molecular flexibility index (Phi) is 2.93. The van der Waals surface area contributed by atoms with Gasteiger partial charge < -0.3 is 20.1 Å². The molecule has 1 aromatic carbocycles. The summed E-state index contributed by atoms with van der Waals surface area (Å²) in [5, 5.41) is 12.8. The number of anilines is 1. The van der Waals surface area contributed by atoms with E-state index in [0.717, 1.165) is 5.56 Å². The smallest absolute Gasteiger partial charge is 0.343 e. The number of aryl methyl sites for hydroxylation is 1. The fourth-order valence-corrected chi connectivity index (χ4v) is 1.70. The molecular weight excluding hydrogens is 236 g/mol. The van der Waals surface area contributed by atoms with E-state index < -0.39 is 5.97 Å². The molecular formula is C12H12N2O4. The summed E-state index contributed by atoms with van der Waals surface area (Å²) in [4.78, 5) is 11.1. The standard InChI is InChI=1S/C12H12N2O4/c1-6-3-4-8(17-2)7(5-6)10-9(12(15)16)11(13)18-14-10/h3-5H,13H2,1-2H3,(H,15,16). The summed E-state index contributed by atoms with van der Waals surface area (Å²) in [6.07, 6.45) is 0. The van der Waals surface area contributed by atoms with Crippen LogP contribution in [0.1, 0.15) is 15.9 Å². The second kappa shape index (κ2) is 4.40. The van der Waals surface area contributed by atoms with Crippen LogP contribution in [0.5, 0.6) is 5.75 Å². The molecule has 1 heterocycles. The van der Waals surface area contributed by atoms with Crippen molar-refractivity contribution < 1.29 is 19.2 Å². The molecule has 2 rings (SSSR count). The Morgan fingerprint density at radius 3 is 2.83 bits per heavy atom. The maximum Gasteiger partial charge on any atom is 0.343 e. The number of hydrogen-bond donors (Lipinski definition) is 2. The Labute approximate surface area is 103 Å². The summed E-state index contributed by atoms with van der Waals surface area (Å²) < 4.78 is 9.93. The van der Waals surface area contributed by atoms with Crippen LogP contribution in [0.2, 0.25) is 0 Å². The zero-order chi connectivity index (χ0) is 13.3. The first kappa shape index (κ1) is 12.0. The topological polar surface area (TPSA) is 98.6 Å². The fourth-order valence-electron chi connectivity index (χ4n) is 1.70. The average molecular weight is 248 g/mol. The van der Waals surface area contributed by atoms with Gasteiger partial charge in [0.1, 0.15) is 11.4 Å². The van der Waals surface area contributed by atoms with Crippen molar-refractivity contribution in [3.63, 3.8) is 0 Å². The molecule has 6 nitrogen and oxygen atoms in total. The third-order valence-electron chi connectivity index (χ3n) is 2.54. The van der Waals surface area contributed by atoms with Gasteiger partial charge in [-0.1, -0.05) is 16.8 Å². The Balaban J connectivity index is 2.69. The number of aromatic nitrogens is 1. The number of rotatable bonds is 3. The van der Waals surface area contributed by atoms with Gasteiger partial charge in [-0.3, -0.25) is 0 Å². The molecule has 0 saturated carbocycles. The van der Waals surface area contributed by atoms with Crippen LogP contribution in [0.25, 0.3) is 11.3 Å². The van der Waals surface area contributed by atoms with E-state index in [0.29, 0.717) is 11.3 Å². The SMILES string of the molecule is COc1ccc(C)cc1-c1noc(N)c1C(=O)O. The summed E-state index contributed by atoms with van der Waals surface area (Å²) in [5.74, 6) is -0.898. The molecule has 0 unspecified atom stereocenters. The maximum atomic E-state index is 11.1. The molecule has 0 bridgehead atoms. The third kappa shape index (κ3) is 1.88. The van der Waals surface area contributed by atoms with E-state index in [2.05, 4.69) is 5.16 Å². The third-order valence-corrected chi connectivity index (χ3v) is 2.54. The molecule has 2 aromatic rings. The molecule has 0 aliphatic heterocycles. The van der Waals surface area contributed by atoms with Gasteiger partial charge in [-0.05, 0) is 19.1 Å². The van der Waals surface area contributed by atoms with Crippen LogP contribution >= 0.6 is 0 Å². The predicted octanol–water partition coefficient (Wildman–Crippen LogP) is 1.94. The number of ether oxygens (including phenoxy) is 1. The predicted molar refractivity (Wildman–Crippen MR) is 64.6 cm³/mol. The van der Waals surface area contributed by atoms with Crippen molar-refractivity contribution >= 4 is 11.9 Å². The minimum absolute atomic E-state index is 0.154. The summed E-state index contributed by atoms with van der Waals surface area (Å²) in [6.45, 7) is 1.88. The average Bonchev–Trinajstić information content (AvgIpc) is 2.71. The number of nitrogens with two attached hydrogens (primary N) is 1. The van der Waals surface area contributed by atoms with Gasteiger partial charge in [0.2, 0.25) is 5.88 Å². The van der Waals surface area contributed by atoms with Crippen LogP contribution in [-0.4, -0.2) is 23.3 Å². The molecule has 6 heteroatoms. The van der Waals surface area contributed by atoms with E-state index in [9.17, 15) is 4.79 Å². The summed E-state index contributed by atoms with van der Waals surface area (Å²) in [5.41, 5.74) is 6.96. The van der Waals surface area contributed by atoms with Crippen LogP contribution in [-0.2, 0) is 0 Å². The van der Waals surface area contributed by atoms with Crippen LogP contribution in [0, 0.1) is 6.92 Å². The van der Waals surface area contributed by atoms with Crippen molar-refractivity contribution in [2.75, 3.05) is 12.8 Å². The van der Waals surface area contributed by atoms with Crippen molar-refractivity contribution in [1.82, 2.24) is 5.16 Å². The lowest BCUT2D eigenvalue weighted by molar-refractivity contribution is 0.0698. The van der Waals surface area contributed by atoms with E-state index >= 15 is 0 Å². The molecule has 0 fully saturated rings. The van der Waals surface area contributed by atoms with Crippen molar-refractivity contribution in [2.45, 2.75) is 6.92 Å². The quantitative estimate of drug-likeness (QED) is 0.861. The molecule has 0 aliphatic rings. The lowest BCUT2D eigenvalue weighted by Gasteiger charge is -2.07. The molecule has 0 saturated heterocycles. The number of carbonyl (C=O) groups is 1. The molecule has 3 N–H and O–H groups in total. The highest BCUT2D eigenvalue weighted by Crippen LogP contribution is 2.34. The number of nitrogen functional groups attached to an aromatic ring is 1. The second-order valence-electron chi connectivity index (χ2n) is 3.78. The first-order valence-electron chi connectivity index (χ1n) is 5.18. The first-order chi connectivity index (χ1) is 8.54. The normalized spacial score (nSPS) is 10.3. The molecule has 0 radical (unpaired) electrons. The van der Waals surface area contributed by atoms with Crippen molar-refractivity contribution in [3.8, 4) is 17.0 Å². The number of benzene rings is 1. The van der Waals surface area contributed by atoms with Crippen molar-refractivity contribution in [2.24, 2.45) is 0 Å². The van der Waals surface area contributed by atoms with E-state index in [1.807, 2.05) is 13.0 Å². The molecule has 1 aromatic heterocycles. The Hall–Kier alpha value is -2.50. The van der Waals surface area contributed by atoms with Gasteiger partial charge in [-0.15, -0.1) is 0 Å². The molecule has 0 amide bonds. The van der Waals surface area contributed by atoms with Crippen molar-refractivity contribution in [3.05, 3.63) is 29.3 Å². The highest BCUT2D eigenvalue weighted by Gasteiger charge is 2.24. The second-order valence-corrected chi connectivity index (χ2v) is 3.78. The van der Waals surface area contributed by atoms with Gasteiger partial charge in [0.05, 0.1) is 7.11 Å². The zero-order valence-corrected chi connectivity index (χ0v) is 9.93. The van der Waals surface area contributed by atoms with Gasteiger partial charge in [-0.2, -0.15) is 0 Å². The van der Waals surface area contributed by atoms with Gasteiger partial charge in [0, 0.05) is 5.56 Å². The Bertz CT molecular complexity index is 604. The van der Waals surface area contributed by atoms with E-state index in [1.165, 1.54) is 7.11 Å². The van der Waals surface area contributed by atoms with Gasteiger partial charge in [0.25, 0.3) is 0 Å². The number of nitrogens with zero attached hydrogens (tertiary/aromatic N) is 1. The molecule has 0 atom stereocenters. The van der Waals surface area contributed by atoms with Gasteiger partial charge in [0.15, 0.2) is 5.56 Å².